The third kappa shape index (κ3) is 3.26. The van der Waals surface area contributed by atoms with Crippen LogP contribution in [0.2, 0.25) is 0 Å². The fourth-order valence-electron chi connectivity index (χ4n) is 2.96. The van der Waals surface area contributed by atoms with Gasteiger partial charge in [-0.15, -0.1) is 0 Å². The molecule has 2 aromatic carbocycles. The van der Waals surface area contributed by atoms with E-state index in [4.69, 9.17) is 4.74 Å². The minimum atomic E-state index is -0.461. The van der Waals surface area contributed by atoms with Crippen molar-refractivity contribution in [2.75, 3.05) is 19.1 Å². The van der Waals surface area contributed by atoms with Crippen molar-refractivity contribution in [3.63, 3.8) is 0 Å². The third-order valence-electron chi connectivity index (χ3n) is 4.37. The largest absolute Gasteiger partial charge is 0.507 e. The zero-order valence-corrected chi connectivity index (χ0v) is 14.7. The number of likely N-dealkylation sites (N-methyl/N-ethyl adjacent to an activating group) is 1. The van der Waals surface area contributed by atoms with E-state index in [2.05, 4.69) is 5.32 Å². The van der Waals surface area contributed by atoms with Crippen LogP contribution in [0.4, 0.5) is 5.69 Å². The molecule has 0 bridgehead atoms. The van der Waals surface area contributed by atoms with Crippen LogP contribution in [0.15, 0.2) is 54.1 Å². The van der Waals surface area contributed by atoms with Gasteiger partial charge < -0.3 is 20.1 Å². The van der Waals surface area contributed by atoms with Gasteiger partial charge in [-0.1, -0.05) is 24.3 Å². The fourth-order valence-corrected chi connectivity index (χ4v) is 2.96. The highest BCUT2D eigenvalue weighted by molar-refractivity contribution is 6.10. The molecule has 2 amide bonds. The summed E-state index contributed by atoms with van der Waals surface area (Å²) in [6.45, 7) is 0.328. The van der Waals surface area contributed by atoms with Crippen molar-refractivity contribution < 1.29 is 19.4 Å². The lowest BCUT2D eigenvalue weighted by Crippen LogP contribution is -2.31. The van der Waals surface area contributed by atoms with Crippen LogP contribution in [0.3, 0.4) is 0 Å². The number of methoxy groups -OCH3 is 1. The van der Waals surface area contributed by atoms with Gasteiger partial charge in [0.2, 0.25) is 5.91 Å². The SMILES string of the molecule is CNC(=O)C1=C(O)c2ccccc2N(Cc2ccc(OC)cc2)C(=O)C1. The fraction of sp³-hybridized carbons (Fsp3) is 0.200. The maximum Gasteiger partial charge on any atom is 0.251 e. The van der Waals surface area contributed by atoms with Crippen LogP contribution in [0.25, 0.3) is 5.76 Å². The maximum atomic E-state index is 12.9. The molecular formula is C20H20N2O4. The van der Waals surface area contributed by atoms with Crippen molar-refractivity contribution in [1.82, 2.24) is 5.32 Å². The lowest BCUT2D eigenvalue weighted by molar-refractivity contribution is -0.121. The Hall–Kier alpha value is -3.28. The summed E-state index contributed by atoms with van der Waals surface area (Å²) >= 11 is 0. The summed E-state index contributed by atoms with van der Waals surface area (Å²) in [5.41, 5.74) is 2.02. The molecule has 0 aliphatic carbocycles. The molecule has 26 heavy (non-hydrogen) atoms. The highest BCUT2D eigenvalue weighted by atomic mass is 16.5. The number of amides is 2. The smallest absolute Gasteiger partial charge is 0.251 e. The first-order valence-electron chi connectivity index (χ1n) is 8.22. The molecule has 134 valence electrons. The first-order chi connectivity index (χ1) is 12.5. The summed E-state index contributed by atoms with van der Waals surface area (Å²) in [6.07, 6.45) is -0.170. The minimum absolute atomic E-state index is 0.0715. The second kappa shape index (κ2) is 7.31. The van der Waals surface area contributed by atoms with Gasteiger partial charge in [-0.05, 0) is 29.8 Å². The van der Waals surface area contributed by atoms with Crippen LogP contribution in [-0.4, -0.2) is 31.1 Å². The molecular weight excluding hydrogens is 332 g/mol. The number of aliphatic hydroxyl groups excluding tert-OH is 1. The Morgan fingerprint density at radius 3 is 2.54 bits per heavy atom. The van der Waals surface area contributed by atoms with E-state index < -0.39 is 5.91 Å². The van der Waals surface area contributed by atoms with E-state index in [9.17, 15) is 14.7 Å². The Balaban J connectivity index is 2.01. The molecule has 0 fully saturated rings. The van der Waals surface area contributed by atoms with Crippen LogP contribution in [-0.2, 0) is 16.1 Å². The summed E-state index contributed by atoms with van der Waals surface area (Å²) in [6, 6.07) is 14.4. The van der Waals surface area contributed by atoms with Gasteiger partial charge in [0, 0.05) is 12.6 Å². The van der Waals surface area contributed by atoms with Crippen LogP contribution in [0.5, 0.6) is 5.75 Å². The van der Waals surface area contributed by atoms with Gasteiger partial charge in [-0.3, -0.25) is 9.59 Å². The normalized spacial score (nSPS) is 13.9. The molecule has 1 aliphatic heterocycles. The first-order valence-corrected chi connectivity index (χ1v) is 8.22. The molecule has 0 unspecified atom stereocenters. The minimum Gasteiger partial charge on any atom is -0.507 e. The Kier molecular flexibility index (Phi) is 4.93. The van der Waals surface area contributed by atoms with E-state index in [0.717, 1.165) is 11.3 Å². The summed E-state index contributed by atoms with van der Waals surface area (Å²) in [7, 11) is 3.07. The summed E-state index contributed by atoms with van der Waals surface area (Å²) in [4.78, 5) is 26.6. The highest BCUT2D eigenvalue weighted by Crippen LogP contribution is 2.34. The zero-order chi connectivity index (χ0) is 18.7. The van der Waals surface area contributed by atoms with Gasteiger partial charge in [0.1, 0.15) is 11.5 Å². The number of benzene rings is 2. The molecule has 0 aromatic heterocycles. The number of rotatable bonds is 4. The Bertz CT molecular complexity index is 872. The third-order valence-corrected chi connectivity index (χ3v) is 4.37. The van der Waals surface area contributed by atoms with Crippen LogP contribution in [0, 0.1) is 0 Å². The second-order valence-electron chi connectivity index (χ2n) is 5.93. The quantitative estimate of drug-likeness (QED) is 0.887. The second-order valence-corrected chi connectivity index (χ2v) is 5.93. The number of nitrogens with zero attached hydrogens (tertiary/aromatic N) is 1. The van der Waals surface area contributed by atoms with Gasteiger partial charge >= 0.3 is 0 Å². The molecule has 1 heterocycles. The molecule has 3 rings (SSSR count). The highest BCUT2D eigenvalue weighted by Gasteiger charge is 2.30. The number of nitrogens with one attached hydrogen (secondary N) is 1. The lowest BCUT2D eigenvalue weighted by Gasteiger charge is -2.23. The van der Waals surface area contributed by atoms with Crippen molar-refractivity contribution in [3.05, 3.63) is 65.2 Å². The zero-order valence-electron chi connectivity index (χ0n) is 14.7. The maximum absolute atomic E-state index is 12.9. The average Bonchev–Trinajstić information content (AvgIpc) is 2.78. The molecule has 1 aliphatic rings. The molecule has 2 aromatic rings. The average molecular weight is 352 g/mol. The Morgan fingerprint density at radius 1 is 1.19 bits per heavy atom. The monoisotopic (exact) mass is 352 g/mol. The van der Waals surface area contributed by atoms with Crippen molar-refractivity contribution in [2.45, 2.75) is 13.0 Å². The number of hydrogen-bond donors (Lipinski definition) is 2. The van der Waals surface area contributed by atoms with Gasteiger partial charge in [0.05, 0.1) is 31.3 Å². The van der Waals surface area contributed by atoms with Crippen molar-refractivity contribution in [3.8, 4) is 5.75 Å². The number of aliphatic hydroxyl groups is 1. The van der Waals surface area contributed by atoms with Gasteiger partial charge in [0.25, 0.3) is 5.91 Å². The summed E-state index contributed by atoms with van der Waals surface area (Å²) in [5, 5.41) is 13.1. The van der Waals surface area contributed by atoms with Crippen LogP contribution in [0.1, 0.15) is 17.5 Å². The summed E-state index contributed by atoms with van der Waals surface area (Å²) < 4.78 is 5.16. The number of ether oxygens (including phenoxy) is 1. The standard InChI is InChI=1S/C20H20N2O4/c1-21-20(25)16-11-18(23)22(12-13-7-9-14(26-2)10-8-13)17-6-4-3-5-15(17)19(16)24/h3-10,24H,11-12H2,1-2H3,(H,21,25). The molecule has 6 heteroatoms. The molecule has 0 radical (unpaired) electrons. The van der Waals surface area contributed by atoms with Crippen molar-refractivity contribution >= 4 is 23.3 Å². The van der Waals surface area contributed by atoms with E-state index >= 15 is 0 Å². The summed E-state index contributed by atoms with van der Waals surface area (Å²) in [5.74, 6) is -0.143. The number of anilines is 1. The number of hydrogen-bond acceptors (Lipinski definition) is 4. The number of carbonyl (C=O) groups excluding carboxylic acids is 2. The van der Waals surface area contributed by atoms with E-state index in [1.54, 1.807) is 36.3 Å². The van der Waals surface area contributed by atoms with Crippen LogP contribution >= 0.6 is 0 Å². The first kappa shape index (κ1) is 17.5. The van der Waals surface area contributed by atoms with Gasteiger partial charge in [0.15, 0.2) is 0 Å². The van der Waals surface area contributed by atoms with E-state index in [0.29, 0.717) is 17.8 Å². The molecule has 0 spiro atoms. The Morgan fingerprint density at radius 2 is 1.88 bits per heavy atom. The topological polar surface area (TPSA) is 78.9 Å². The molecule has 0 atom stereocenters. The van der Waals surface area contributed by atoms with Gasteiger partial charge in [-0.25, -0.2) is 0 Å². The predicted octanol–water partition coefficient (Wildman–Crippen LogP) is 2.65. The van der Waals surface area contributed by atoms with E-state index in [-0.39, 0.29) is 23.7 Å². The van der Waals surface area contributed by atoms with E-state index in [1.165, 1.54) is 7.05 Å². The predicted molar refractivity (Wildman–Crippen MR) is 98.9 cm³/mol. The number of carbonyl (C=O) groups is 2. The number of fused-ring (bicyclic) bond motifs is 1. The lowest BCUT2D eigenvalue weighted by atomic mass is 10.1. The molecule has 0 saturated carbocycles. The number of para-hydroxylation sites is 1. The van der Waals surface area contributed by atoms with Crippen molar-refractivity contribution in [1.29, 1.82) is 0 Å². The molecule has 0 saturated heterocycles. The molecule has 6 nitrogen and oxygen atoms in total. The molecule has 2 N–H and O–H groups in total. The van der Waals surface area contributed by atoms with E-state index in [1.807, 2.05) is 24.3 Å². The Labute approximate surface area is 151 Å². The van der Waals surface area contributed by atoms with Crippen molar-refractivity contribution in [2.24, 2.45) is 0 Å². The van der Waals surface area contributed by atoms with Gasteiger partial charge in [-0.2, -0.15) is 0 Å². The van der Waals surface area contributed by atoms with Crippen LogP contribution < -0.4 is 15.0 Å².